The van der Waals surface area contributed by atoms with Gasteiger partial charge in [0.15, 0.2) is 6.61 Å². The molecule has 0 radical (unpaired) electrons. The van der Waals surface area contributed by atoms with Gasteiger partial charge in [-0.05, 0) is 48.5 Å². The summed E-state index contributed by atoms with van der Waals surface area (Å²) in [5, 5.41) is 6.77. The lowest BCUT2D eigenvalue weighted by atomic mass is 10.1. The molecule has 2 amide bonds. The van der Waals surface area contributed by atoms with Crippen LogP contribution in [0.25, 0.3) is 10.9 Å². The number of fused-ring (bicyclic) bond motifs is 1. The van der Waals surface area contributed by atoms with E-state index in [1.54, 1.807) is 60.8 Å². The van der Waals surface area contributed by atoms with E-state index in [9.17, 15) is 9.59 Å². The Bertz CT molecular complexity index is 1220. The number of carbonyl (C=O) groups is 2. The molecule has 8 heteroatoms. The molecule has 2 aromatic carbocycles. The number of para-hydroxylation sites is 1. The molecule has 0 aliphatic carbocycles. The van der Waals surface area contributed by atoms with E-state index in [1.807, 2.05) is 6.07 Å². The summed E-state index contributed by atoms with van der Waals surface area (Å²) < 4.78 is 10.9. The zero-order chi connectivity index (χ0) is 21.6. The number of ether oxygens (including phenoxy) is 1. The maximum atomic E-state index is 12.5. The highest BCUT2D eigenvalue weighted by Gasteiger charge is 2.14. The van der Waals surface area contributed by atoms with Crippen LogP contribution in [-0.2, 0) is 11.3 Å². The Kier molecular flexibility index (Phi) is 6.14. The van der Waals surface area contributed by atoms with Gasteiger partial charge in [-0.2, -0.15) is 0 Å². The first-order valence-electron chi connectivity index (χ1n) is 9.47. The van der Waals surface area contributed by atoms with E-state index in [2.05, 4.69) is 15.6 Å². The Morgan fingerprint density at radius 3 is 2.74 bits per heavy atom. The lowest BCUT2D eigenvalue weighted by Crippen LogP contribution is -2.26. The second-order valence-corrected chi connectivity index (χ2v) is 7.00. The molecular formula is C23H18ClN3O4. The van der Waals surface area contributed by atoms with E-state index in [4.69, 9.17) is 20.8 Å². The predicted octanol–water partition coefficient (Wildman–Crippen LogP) is 4.43. The maximum Gasteiger partial charge on any atom is 0.262 e. The number of benzene rings is 2. The molecular weight excluding hydrogens is 418 g/mol. The first kappa shape index (κ1) is 20.4. The molecule has 0 atom stereocenters. The second-order valence-electron chi connectivity index (χ2n) is 6.59. The molecule has 7 nitrogen and oxygen atoms in total. The number of halogens is 1. The minimum atomic E-state index is -0.412. The van der Waals surface area contributed by atoms with Crippen molar-refractivity contribution in [3.05, 3.63) is 89.5 Å². The summed E-state index contributed by atoms with van der Waals surface area (Å²) in [7, 11) is 0. The monoisotopic (exact) mass is 435 g/mol. The fraction of sp³-hybridized carbons (Fsp3) is 0.0870. The first-order valence-corrected chi connectivity index (χ1v) is 9.85. The summed E-state index contributed by atoms with van der Waals surface area (Å²) in [5.41, 5.74) is 1.29. The van der Waals surface area contributed by atoms with Crippen LogP contribution in [0.3, 0.4) is 0 Å². The fourth-order valence-electron chi connectivity index (χ4n) is 3.02. The van der Waals surface area contributed by atoms with Crippen molar-refractivity contribution in [3.63, 3.8) is 0 Å². The number of rotatable bonds is 7. The van der Waals surface area contributed by atoms with Gasteiger partial charge in [0, 0.05) is 11.6 Å². The molecule has 0 saturated carbocycles. The minimum Gasteiger partial charge on any atom is -0.481 e. The first-order chi connectivity index (χ1) is 15.1. The molecule has 0 spiro atoms. The second kappa shape index (κ2) is 9.32. The van der Waals surface area contributed by atoms with Gasteiger partial charge in [-0.1, -0.05) is 23.7 Å². The van der Waals surface area contributed by atoms with Crippen LogP contribution in [0.1, 0.15) is 16.1 Å². The number of furan rings is 1. The van der Waals surface area contributed by atoms with Gasteiger partial charge < -0.3 is 19.8 Å². The smallest absolute Gasteiger partial charge is 0.262 e. The average Bonchev–Trinajstić information content (AvgIpc) is 3.31. The Labute approximate surface area is 183 Å². The minimum absolute atomic E-state index is 0.244. The Morgan fingerprint density at radius 1 is 1.03 bits per heavy atom. The summed E-state index contributed by atoms with van der Waals surface area (Å²) >= 11 is 6.19. The Morgan fingerprint density at radius 2 is 1.90 bits per heavy atom. The number of hydrogen-bond acceptors (Lipinski definition) is 5. The molecule has 0 saturated heterocycles. The van der Waals surface area contributed by atoms with E-state index < -0.39 is 5.91 Å². The molecule has 31 heavy (non-hydrogen) atoms. The highest BCUT2D eigenvalue weighted by molar-refractivity contribution is 6.35. The van der Waals surface area contributed by atoms with E-state index in [0.717, 1.165) is 5.39 Å². The predicted molar refractivity (Wildman–Crippen MR) is 117 cm³/mol. The van der Waals surface area contributed by atoms with Crippen LogP contribution < -0.4 is 15.4 Å². The standard InChI is InChI=1S/C23H18ClN3O4/c24-18-9-10-20(22-16(18)7-3-11-25-22)31-14-21(28)27-19-8-2-1-6-17(19)23(29)26-13-15-5-4-12-30-15/h1-12H,13-14H2,(H,26,29)(H,27,28). The molecule has 0 aliphatic heterocycles. The summed E-state index contributed by atoms with van der Waals surface area (Å²) in [6, 6.07) is 17.2. The van der Waals surface area contributed by atoms with Crippen molar-refractivity contribution < 1.29 is 18.7 Å². The van der Waals surface area contributed by atoms with Gasteiger partial charge in [-0.15, -0.1) is 0 Å². The number of nitrogens with zero attached hydrogens (tertiary/aromatic N) is 1. The molecule has 0 bridgehead atoms. The molecule has 2 N–H and O–H groups in total. The van der Waals surface area contributed by atoms with Crippen LogP contribution in [0.2, 0.25) is 5.02 Å². The quantitative estimate of drug-likeness (QED) is 0.448. The molecule has 2 aromatic heterocycles. The van der Waals surface area contributed by atoms with Gasteiger partial charge in [-0.25, -0.2) is 0 Å². The van der Waals surface area contributed by atoms with Gasteiger partial charge >= 0.3 is 0 Å². The van der Waals surface area contributed by atoms with Gasteiger partial charge in [0.2, 0.25) is 0 Å². The Balaban J connectivity index is 1.41. The van der Waals surface area contributed by atoms with E-state index in [0.29, 0.717) is 33.3 Å². The zero-order valence-electron chi connectivity index (χ0n) is 16.3. The number of hydrogen-bond donors (Lipinski definition) is 2. The molecule has 2 heterocycles. The topological polar surface area (TPSA) is 93.5 Å². The number of pyridine rings is 1. The molecule has 0 unspecified atom stereocenters. The van der Waals surface area contributed by atoms with Crippen LogP contribution >= 0.6 is 11.6 Å². The van der Waals surface area contributed by atoms with Crippen LogP contribution in [0.15, 0.2) is 77.5 Å². The Hall–Kier alpha value is -3.84. The number of anilines is 1. The van der Waals surface area contributed by atoms with Crippen molar-refractivity contribution in [3.8, 4) is 5.75 Å². The third kappa shape index (κ3) is 4.84. The zero-order valence-corrected chi connectivity index (χ0v) is 17.1. The van der Waals surface area contributed by atoms with E-state index in [-0.39, 0.29) is 19.1 Å². The van der Waals surface area contributed by atoms with Crippen molar-refractivity contribution in [2.75, 3.05) is 11.9 Å². The van der Waals surface area contributed by atoms with Crippen molar-refractivity contribution in [1.29, 1.82) is 0 Å². The number of nitrogens with one attached hydrogen (secondary N) is 2. The molecule has 156 valence electrons. The average molecular weight is 436 g/mol. The number of amides is 2. The maximum absolute atomic E-state index is 12.5. The SMILES string of the molecule is O=C(COc1ccc(Cl)c2cccnc12)Nc1ccccc1C(=O)NCc1ccco1. The van der Waals surface area contributed by atoms with Crippen molar-refractivity contribution >= 4 is 40.0 Å². The third-order valence-corrected chi connectivity index (χ3v) is 4.82. The number of aromatic nitrogens is 1. The fourth-order valence-corrected chi connectivity index (χ4v) is 3.24. The van der Waals surface area contributed by atoms with Crippen molar-refractivity contribution in [2.45, 2.75) is 6.54 Å². The molecule has 4 aromatic rings. The summed E-state index contributed by atoms with van der Waals surface area (Å²) in [6.07, 6.45) is 3.16. The third-order valence-electron chi connectivity index (χ3n) is 4.49. The van der Waals surface area contributed by atoms with Crippen molar-refractivity contribution in [2.24, 2.45) is 0 Å². The lowest BCUT2D eigenvalue weighted by Gasteiger charge is -2.12. The van der Waals surface area contributed by atoms with Gasteiger partial charge in [-0.3, -0.25) is 14.6 Å². The summed E-state index contributed by atoms with van der Waals surface area (Å²) in [6.45, 7) is -0.0104. The summed E-state index contributed by atoms with van der Waals surface area (Å²) in [4.78, 5) is 29.3. The molecule has 4 rings (SSSR count). The normalized spacial score (nSPS) is 10.6. The highest BCUT2D eigenvalue weighted by atomic mass is 35.5. The summed E-state index contributed by atoms with van der Waals surface area (Å²) in [5.74, 6) is 0.332. The number of carbonyl (C=O) groups excluding carboxylic acids is 2. The van der Waals surface area contributed by atoms with Crippen LogP contribution in [0.5, 0.6) is 5.75 Å². The van der Waals surface area contributed by atoms with Gasteiger partial charge in [0.25, 0.3) is 11.8 Å². The van der Waals surface area contributed by atoms with Crippen LogP contribution in [0.4, 0.5) is 5.69 Å². The lowest BCUT2D eigenvalue weighted by molar-refractivity contribution is -0.118. The highest BCUT2D eigenvalue weighted by Crippen LogP contribution is 2.29. The molecule has 0 aliphatic rings. The van der Waals surface area contributed by atoms with Crippen LogP contribution in [-0.4, -0.2) is 23.4 Å². The molecule has 0 fully saturated rings. The van der Waals surface area contributed by atoms with Gasteiger partial charge in [0.05, 0.1) is 29.1 Å². The van der Waals surface area contributed by atoms with Gasteiger partial charge in [0.1, 0.15) is 17.0 Å². The van der Waals surface area contributed by atoms with E-state index >= 15 is 0 Å². The van der Waals surface area contributed by atoms with Crippen molar-refractivity contribution in [1.82, 2.24) is 10.3 Å². The van der Waals surface area contributed by atoms with E-state index in [1.165, 1.54) is 6.26 Å². The van der Waals surface area contributed by atoms with Crippen LogP contribution in [0, 0.1) is 0 Å². The largest absolute Gasteiger partial charge is 0.481 e.